The summed E-state index contributed by atoms with van der Waals surface area (Å²) in [5.74, 6) is 1.50. The number of carbonyl (C=O) groups is 1. The zero-order valence-corrected chi connectivity index (χ0v) is 10.8. The van der Waals surface area contributed by atoms with E-state index >= 15 is 0 Å². The lowest BCUT2D eigenvalue weighted by Gasteiger charge is -2.18. The highest BCUT2D eigenvalue weighted by molar-refractivity contribution is 6.40. The van der Waals surface area contributed by atoms with Crippen LogP contribution in [0.1, 0.15) is 26.2 Å². The first-order valence-electron chi connectivity index (χ1n) is 6.19. The Morgan fingerprint density at radius 2 is 2.06 bits per heavy atom. The van der Waals surface area contributed by atoms with E-state index in [0.717, 1.165) is 24.3 Å². The molecule has 1 aliphatic rings. The van der Waals surface area contributed by atoms with E-state index in [1.807, 2.05) is 24.3 Å². The number of methoxy groups -OCH3 is 1. The lowest BCUT2D eigenvalue weighted by molar-refractivity contribution is -0.113. The van der Waals surface area contributed by atoms with Crippen LogP contribution in [0.2, 0.25) is 0 Å². The third-order valence-electron chi connectivity index (χ3n) is 3.14. The van der Waals surface area contributed by atoms with Gasteiger partial charge >= 0.3 is 0 Å². The fraction of sp³-hybridized carbons (Fsp3) is 0.429. The molecule has 1 N–H and O–H groups in total. The Bertz CT molecular complexity index is 451. The highest BCUT2D eigenvalue weighted by Crippen LogP contribution is 2.20. The monoisotopic (exact) mass is 246 g/mol. The second kappa shape index (κ2) is 5.67. The third-order valence-corrected chi connectivity index (χ3v) is 3.14. The first-order valence-corrected chi connectivity index (χ1v) is 6.19. The Balaban J connectivity index is 2.02. The molecule has 4 heteroatoms. The molecule has 0 aliphatic heterocycles. The van der Waals surface area contributed by atoms with Crippen molar-refractivity contribution >= 4 is 17.2 Å². The molecule has 0 heterocycles. The van der Waals surface area contributed by atoms with Crippen LogP contribution in [0.4, 0.5) is 5.69 Å². The van der Waals surface area contributed by atoms with Gasteiger partial charge in [-0.3, -0.25) is 10.2 Å². The minimum Gasteiger partial charge on any atom is -0.497 e. The Hall–Kier alpha value is -1.84. The van der Waals surface area contributed by atoms with Gasteiger partial charge in [0.05, 0.1) is 12.8 Å². The Labute approximate surface area is 107 Å². The highest BCUT2D eigenvalue weighted by atomic mass is 16.5. The highest BCUT2D eigenvalue weighted by Gasteiger charge is 2.21. The average Bonchev–Trinajstić information content (AvgIpc) is 2.40. The number of anilines is 1. The molecule has 96 valence electrons. The van der Waals surface area contributed by atoms with Gasteiger partial charge in [-0.15, -0.1) is 0 Å². The van der Waals surface area contributed by atoms with Gasteiger partial charge in [-0.2, -0.15) is 5.10 Å². The molecule has 2 rings (SSSR count). The number of hydrogen-bond donors (Lipinski definition) is 1. The van der Waals surface area contributed by atoms with Crippen LogP contribution in [-0.2, 0) is 4.79 Å². The van der Waals surface area contributed by atoms with Crippen LogP contribution in [0.15, 0.2) is 29.4 Å². The first-order chi connectivity index (χ1) is 8.69. The molecule has 0 saturated heterocycles. The predicted molar refractivity (Wildman–Crippen MR) is 72.1 cm³/mol. The van der Waals surface area contributed by atoms with Crippen molar-refractivity contribution in [1.29, 1.82) is 0 Å². The summed E-state index contributed by atoms with van der Waals surface area (Å²) in [6.07, 6.45) is 2.35. The van der Waals surface area contributed by atoms with E-state index < -0.39 is 0 Å². The van der Waals surface area contributed by atoms with E-state index in [4.69, 9.17) is 4.74 Å². The van der Waals surface area contributed by atoms with Crippen LogP contribution in [0.5, 0.6) is 5.75 Å². The summed E-state index contributed by atoms with van der Waals surface area (Å²) in [6.45, 7) is 2.15. The van der Waals surface area contributed by atoms with Gasteiger partial charge in [-0.1, -0.05) is 6.92 Å². The van der Waals surface area contributed by atoms with Crippen molar-refractivity contribution in [3.8, 4) is 5.75 Å². The number of nitrogens with zero attached hydrogens (tertiary/aromatic N) is 1. The molecule has 0 bridgehead atoms. The van der Waals surface area contributed by atoms with Gasteiger partial charge in [0.2, 0.25) is 0 Å². The maximum absolute atomic E-state index is 11.7. The van der Waals surface area contributed by atoms with Gasteiger partial charge in [0.1, 0.15) is 11.5 Å². The smallest absolute Gasteiger partial charge is 0.178 e. The number of ketones is 1. The molecule has 1 unspecified atom stereocenters. The lowest BCUT2D eigenvalue weighted by atomic mass is 9.88. The van der Waals surface area contributed by atoms with E-state index in [1.54, 1.807) is 7.11 Å². The van der Waals surface area contributed by atoms with Gasteiger partial charge < -0.3 is 4.74 Å². The standard InChI is InChI=1S/C14H18N2O2/c1-10-3-8-14(17)13(9-10)16-15-11-4-6-12(18-2)7-5-11/h4-7,10,15H,3,8-9H2,1-2H3. The predicted octanol–water partition coefficient (Wildman–Crippen LogP) is 2.85. The zero-order chi connectivity index (χ0) is 13.0. The van der Waals surface area contributed by atoms with Gasteiger partial charge in [-0.25, -0.2) is 0 Å². The average molecular weight is 246 g/mol. The van der Waals surface area contributed by atoms with Crippen molar-refractivity contribution in [3.63, 3.8) is 0 Å². The van der Waals surface area contributed by atoms with E-state index in [1.165, 1.54) is 0 Å². The molecular formula is C14H18N2O2. The van der Waals surface area contributed by atoms with Gasteiger partial charge in [0, 0.05) is 6.42 Å². The molecule has 18 heavy (non-hydrogen) atoms. The maximum atomic E-state index is 11.7. The van der Waals surface area contributed by atoms with Crippen molar-refractivity contribution < 1.29 is 9.53 Å². The quantitative estimate of drug-likeness (QED) is 0.834. The number of hydrogen-bond acceptors (Lipinski definition) is 4. The molecule has 1 atom stereocenters. The second-order valence-electron chi connectivity index (χ2n) is 4.67. The normalized spacial score (nSPS) is 22.0. The summed E-state index contributed by atoms with van der Waals surface area (Å²) in [4.78, 5) is 11.7. The van der Waals surface area contributed by atoms with Crippen LogP contribution >= 0.6 is 0 Å². The van der Waals surface area contributed by atoms with Crippen molar-refractivity contribution in [2.24, 2.45) is 11.0 Å². The van der Waals surface area contributed by atoms with Crippen LogP contribution in [0.3, 0.4) is 0 Å². The van der Waals surface area contributed by atoms with E-state index in [2.05, 4.69) is 17.5 Å². The molecule has 4 nitrogen and oxygen atoms in total. The summed E-state index contributed by atoms with van der Waals surface area (Å²) in [5, 5.41) is 4.22. The fourth-order valence-corrected chi connectivity index (χ4v) is 1.97. The van der Waals surface area contributed by atoms with Crippen LogP contribution < -0.4 is 10.2 Å². The summed E-state index contributed by atoms with van der Waals surface area (Å²) >= 11 is 0. The van der Waals surface area contributed by atoms with Crippen molar-refractivity contribution in [1.82, 2.24) is 0 Å². The number of nitrogens with one attached hydrogen (secondary N) is 1. The van der Waals surface area contributed by atoms with Crippen molar-refractivity contribution in [3.05, 3.63) is 24.3 Å². The SMILES string of the molecule is COc1ccc(NN=C2CC(C)CCC2=O)cc1. The summed E-state index contributed by atoms with van der Waals surface area (Å²) in [6, 6.07) is 7.46. The topological polar surface area (TPSA) is 50.7 Å². The molecule has 0 aromatic heterocycles. The molecule has 1 aliphatic carbocycles. The number of ether oxygens (including phenoxy) is 1. The van der Waals surface area contributed by atoms with Crippen molar-refractivity contribution in [2.45, 2.75) is 26.2 Å². The van der Waals surface area contributed by atoms with Crippen LogP contribution in [0.25, 0.3) is 0 Å². The minimum absolute atomic E-state index is 0.161. The first kappa shape index (κ1) is 12.6. The van der Waals surface area contributed by atoms with Gasteiger partial charge in [0.25, 0.3) is 0 Å². The molecule has 1 saturated carbocycles. The molecule has 1 fully saturated rings. The molecule has 0 amide bonds. The van der Waals surface area contributed by atoms with E-state index in [9.17, 15) is 4.79 Å². The van der Waals surface area contributed by atoms with Gasteiger partial charge in [-0.05, 0) is 43.0 Å². The molecular weight excluding hydrogens is 228 g/mol. The number of Topliss-reactive ketones (excluding diaryl/α,β-unsaturated/α-hetero) is 1. The Kier molecular flexibility index (Phi) is 3.97. The Morgan fingerprint density at radius 1 is 1.33 bits per heavy atom. The number of benzene rings is 1. The summed E-state index contributed by atoms with van der Waals surface area (Å²) in [7, 11) is 1.63. The largest absolute Gasteiger partial charge is 0.497 e. The third kappa shape index (κ3) is 3.09. The van der Waals surface area contributed by atoms with E-state index in [0.29, 0.717) is 18.1 Å². The molecule has 1 aromatic carbocycles. The number of carbonyl (C=O) groups excluding carboxylic acids is 1. The summed E-state index contributed by atoms with van der Waals surface area (Å²) < 4.78 is 5.08. The molecule has 0 radical (unpaired) electrons. The summed E-state index contributed by atoms with van der Waals surface area (Å²) in [5.41, 5.74) is 4.44. The van der Waals surface area contributed by atoms with Gasteiger partial charge in [0.15, 0.2) is 5.78 Å². The number of rotatable bonds is 3. The molecule has 1 aromatic rings. The van der Waals surface area contributed by atoms with Crippen LogP contribution in [0, 0.1) is 5.92 Å². The zero-order valence-electron chi connectivity index (χ0n) is 10.8. The minimum atomic E-state index is 0.161. The fourth-order valence-electron chi connectivity index (χ4n) is 1.97. The lowest BCUT2D eigenvalue weighted by Crippen LogP contribution is -2.24. The maximum Gasteiger partial charge on any atom is 0.178 e. The van der Waals surface area contributed by atoms with Crippen LogP contribution in [-0.4, -0.2) is 18.6 Å². The number of hydrazone groups is 1. The Morgan fingerprint density at radius 3 is 2.72 bits per heavy atom. The van der Waals surface area contributed by atoms with E-state index in [-0.39, 0.29) is 5.78 Å². The van der Waals surface area contributed by atoms with Crippen molar-refractivity contribution in [2.75, 3.05) is 12.5 Å². The second-order valence-corrected chi connectivity index (χ2v) is 4.67. The molecule has 0 spiro atoms.